The summed E-state index contributed by atoms with van der Waals surface area (Å²) in [6, 6.07) is 29.0. The maximum absolute atomic E-state index is 15.3. The minimum atomic E-state index is -3.09. The zero-order chi connectivity index (χ0) is 93.7. The number of benzene rings is 6. The maximum Gasteiger partial charge on any atom is 0.412 e. The number of nitrogens with one attached hydrogen (secondary N) is 3. The fourth-order valence-electron chi connectivity index (χ4n) is 15.0. The van der Waals surface area contributed by atoms with Crippen LogP contribution >= 0.6 is 57.2 Å². The molecule has 6 aromatic carbocycles. The van der Waals surface area contributed by atoms with Gasteiger partial charge in [-0.1, -0.05) is 30.1 Å². The van der Waals surface area contributed by atoms with Gasteiger partial charge in [-0.25, -0.2) is 88.8 Å². The molecule has 27 nitrogen and oxygen atoms in total. The number of halogens is 11. The molecule has 15 aromatic rings. The van der Waals surface area contributed by atoms with Crippen molar-refractivity contribution >= 4 is 156 Å². The average molecular weight is 1930 g/mol. The SMILES string of the molecule is CCCOc1ncc(NC(=O)O[C@@H]2CCC(F)(F)C[C@@H]2Oc2cc3sc(-c4cc(Cl)cc5cc(OC)cnc45)nc3cc2F)cn1.CCOc1cnc2c(-c3nc4cc(F)c(O[C@H]5CC(F)(F)CC[C@H]5OC(=O)Nc5ccc(C)nc5)cc4s3)cc(C)cc2n1.COc1cnc2c(-c3nc4cc(F)c(O[C@H]5CC(F)(F)CC[C@H]5OC(=O)Nc5ccc(C)nc5)cc4s3)cc(Cl)cc2c1. The van der Waals surface area contributed by atoms with Crippen molar-refractivity contribution in [3.63, 3.8) is 0 Å². The molecular formula is C92H79Cl2F9N14O13S3. The Hall–Kier alpha value is -13.1. The quantitative estimate of drug-likeness (QED) is 0.0419. The number of alkyl halides is 6. The normalized spacial score (nSPS) is 17.8. The van der Waals surface area contributed by atoms with Gasteiger partial charge in [0, 0.05) is 105 Å². The van der Waals surface area contributed by atoms with E-state index >= 15 is 13.2 Å². The maximum atomic E-state index is 15.3. The zero-order valence-electron chi connectivity index (χ0n) is 71.5. The minimum absolute atomic E-state index is 0.147. The summed E-state index contributed by atoms with van der Waals surface area (Å²) in [5.74, 6) is -10.8. The van der Waals surface area contributed by atoms with Crippen LogP contribution in [-0.2, 0) is 14.2 Å². The van der Waals surface area contributed by atoms with Crippen LogP contribution in [0.25, 0.3) is 95.2 Å². The van der Waals surface area contributed by atoms with E-state index in [0.29, 0.717) is 131 Å². The van der Waals surface area contributed by atoms with E-state index in [1.807, 2.05) is 32.9 Å². The monoisotopic (exact) mass is 1920 g/mol. The molecule has 0 spiro atoms. The van der Waals surface area contributed by atoms with E-state index < -0.39 is 129 Å². The highest BCUT2D eigenvalue weighted by molar-refractivity contribution is 7.22. The van der Waals surface area contributed by atoms with E-state index in [1.165, 1.54) is 109 Å². The van der Waals surface area contributed by atoms with Crippen molar-refractivity contribution < 1.29 is 101 Å². The number of fused-ring (bicyclic) bond motifs is 6. The smallest absolute Gasteiger partial charge is 0.412 e. The summed E-state index contributed by atoms with van der Waals surface area (Å²) in [6.45, 7) is 10.2. The second kappa shape index (κ2) is 39.7. The Morgan fingerprint density at radius 1 is 0.429 bits per heavy atom. The van der Waals surface area contributed by atoms with Gasteiger partial charge in [0.2, 0.25) is 5.88 Å². The first-order valence-electron chi connectivity index (χ1n) is 41.6. The Morgan fingerprint density at radius 3 is 1.20 bits per heavy atom. The number of thiazole rings is 3. The van der Waals surface area contributed by atoms with Gasteiger partial charge in [0.1, 0.15) is 63.1 Å². The number of ether oxygens (including phenoxy) is 10. The van der Waals surface area contributed by atoms with Crippen molar-refractivity contribution in [3.05, 3.63) is 197 Å². The van der Waals surface area contributed by atoms with Gasteiger partial charge >= 0.3 is 24.3 Å². The van der Waals surface area contributed by atoms with Gasteiger partial charge in [-0.3, -0.25) is 35.9 Å². The van der Waals surface area contributed by atoms with Crippen molar-refractivity contribution in [1.82, 2.24) is 54.8 Å². The number of amides is 3. The molecule has 6 atom stereocenters. The van der Waals surface area contributed by atoms with E-state index in [4.69, 9.17) is 70.6 Å². The molecule has 690 valence electrons. The highest BCUT2D eigenvalue weighted by Gasteiger charge is 2.48. The van der Waals surface area contributed by atoms with Gasteiger partial charge in [0.15, 0.2) is 34.7 Å². The van der Waals surface area contributed by atoms with Crippen LogP contribution in [0.3, 0.4) is 0 Å². The number of hydrogen-bond acceptors (Lipinski definition) is 27. The molecule has 0 radical (unpaired) electrons. The number of carbonyl (C=O) groups is 3. The van der Waals surface area contributed by atoms with E-state index in [2.05, 4.69) is 70.8 Å². The molecular weight excluding hydrogens is 1850 g/mol. The van der Waals surface area contributed by atoms with E-state index in [0.717, 1.165) is 39.7 Å². The average Bonchev–Trinajstić information content (AvgIpc) is 1.64. The van der Waals surface area contributed by atoms with Gasteiger partial charge in [0.25, 0.3) is 17.8 Å². The van der Waals surface area contributed by atoms with Crippen molar-refractivity contribution in [2.45, 2.75) is 153 Å². The lowest BCUT2D eigenvalue weighted by Crippen LogP contribution is -2.45. The molecule has 3 amide bonds. The molecule has 3 saturated carbocycles. The summed E-state index contributed by atoms with van der Waals surface area (Å²) in [5.41, 5.74) is 8.97. The van der Waals surface area contributed by atoms with Crippen LogP contribution in [-0.4, -0.2) is 155 Å². The fraction of sp³-hybridized carbons (Fsp3) is 0.304. The van der Waals surface area contributed by atoms with Crippen molar-refractivity contribution in [2.24, 2.45) is 0 Å². The summed E-state index contributed by atoms with van der Waals surface area (Å²) in [4.78, 5) is 85.8. The first-order chi connectivity index (χ1) is 63.7. The van der Waals surface area contributed by atoms with Crippen LogP contribution in [0.4, 0.5) is 71.0 Å². The lowest BCUT2D eigenvalue weighted by Gasteiger charge is -2.35. The summed E-state index contributed by atoms with van der Waals surface area (Å²) in [5, 5.41) is 11.5. The number of hydrogen-bond donors (Lipinski definition) is 3. The van der Waals surface area contributed by atoms with E-state index in [9.17, 15) is 40.7 Å². The molecule has 0 saturated heterocycles. The summed E-state index contributed by atoms with van der Waals surface area (Å²) in [6.07, 6.45) is -2.90. The standard InChI is InChI=1S/C31H27ClF3N5O5S.C31H28F3N5O4S.C30H24ClF3N4O4S/c1-3-6-43-29-37-13-18(14-38-29)39-30(41)45-23-4-5-31(34,35)12-25(23)44-24-11-26-22(10-21(24)33)40-28(46-26)20-9-17(32)7-16-8-19(42-2)15-36-27(16)20;1-4-41-27-15-36-28-19(9-16(2)10-22(28)38-27)29-39-21-11-20(32)24(12-26(21)44-29)42-25-13-31(33,34)8-7-23(25)43-30(40)37-18-6-5-17(3)35-14-18;1-15-3-4-18(13-35-15)37-29(39)42-23-5-6-30(33,34)12-25(23)41-24-11-26-22(10-21(24)32)38-28(43-26)20-9-17(31)7-16-8-19(40-2)14-36-27(16)20/h7-11,13-15,23,25H,3-6,12H2,1-2H3,(H,39,41);5-6,9-12,14-15,23,25H,4,7-8,13H2,1-3H3,(H,37,40);3-4,7-11,13-14,23,25H,5-6,12H2,1-2H3,(H,37,39)/t3*23-,25+/m111/s1. The summed E-state index contributed by atoms with van der Waals surface area (Å²) < 4.78 is 190. The number of aryl methyl sites for hydroxylation is 3. The van der Waals surface area contributed by atoms with Crippen LogP contribution < -0.4 is 49.1 Å². The number of anilines is 3. The molecule has 0 unspecified atom stereocenters. The molecule has 133 heavy (non-hydrogen) atoms. The van der Waals surface area contributed by atoms with Crippen LogP contribution in [0.15, 0.2) is 153 Å². The van der Waals surface area contributed by atoms with Crippen LogP contribution in [0.1, 0.15) is 95.0 Å². The van der Waals surface area contributed by atoms with Crippen LogP contribution in [0.2, 0.25) is 10.0 Å². The number of methoxy groups -OCH3 is 2. The second-order valence-electron chi connectivity index (χ2n) is 31.4. The van der Waals surface area contributed by atoms with Gasteiger partial charge in [-0.2, -0.15) is 0 Å². The second-order valence-corrected chi connectivity index (χ2v) is 35.3. The Kier molecular flexibility index (Phi) is 27.8. The Morgan fingerprint density at radius 2 is 0.820 bits per heavy atom. The molecule has 9 heterocycles. The molecule has 3 N–H and O–H groups in total. The van der Waals surface area contributed by atoms with Gasteiger partial charge in [-0.15, -0.1) is 34.0 Å². The molecule has 3 aliphatic carbocycles. The highest BCUT2D eigenvalue weighted by atomic mass is 35.5. The highest BCUT2D eigenvalue weighted by Crippen LogP contribution is 2.47. The predicted octanol–water partition coefficient (Wildman–Crippen LogP) is 23.9. The molecule has 3 aliphatic rings. The molecule has 0 aliphatic heterocycles. The van der Waals surface area contributed by atoms with Crippen LogP contribution in [0.5, 0.6) is 40.6 Å². The number of carbonyl (C=O) groups excluding carboxylic acids is 3. The largest absolute Gasteiger partial charge is 0.495 e. The van der Waals surface area contributed by atoms with Gasteiger partial charge in [-0.05, 0) is 132 Å². The Bertz CT molecular complexity index is 6860. The van der Waals surface area contributed by atoms with Crippen molar-refractivity contribution in [3.8, 4) is 72.4 Å². The lowest BCUT2D eigenvalue weighted by molar-refractivity contribution is -0.114. The topological polar surface area (TPSA) is 321 Å². The molecule has 0 bridgehead atoms. The zero-order valence-corrected chi connectivity index (χ0v) is 75.5. The number of pyridine rings is 4. The summed E-state index contributed by atoms with van der Waals surface area (Å²) >= 11 is 16.5. The molecule has 41 heteroatoms. The molecule has 3 fully saturated rings. The van der Waals surface area contributed by atoms with E-state index in [1.54, 1.807) is 93.1 Å². The summed E-state index contributed by atoms with van der Waals surface area (Å²) in [7, 11) is 3.07. The van der Waals surface area contributed by atoms with Crippen molar-refractivity contribution in [2.75, 3.05) is 43.4 Å². The number of aromatic nitrogens is 11. The van der Waals surface area contributed by atoms with Gasteiger partial charge in [0.05, 0.1) is 160 Å². The number of rotatable bonds is 22. The first kappa shape index (κ1) is 93.1. The predicted molar refractivity (Wildman–Crippen MR) is 485 cm³/mol. The van der Waals surface area contributed by atoms with Gasteiger partial charge < -0.3 is 47.4 Å². The molecule has 9 aromatic heterocycles. The third-order valence-corrected chi connectivity index (χ3v) is 24.9. The van der Waals surface area contributed by atoms with E-state index in [-0.39, 0.29) is 48.2 Å². The third-order valence-electron chi connectivity index (χ3n) is 21.4. The van der Waals surface area contributed by atoms with Crippen LogP contribution in [0, 0.1) is 38.2 Å². The Labute approximate surface area is 773 Å². The first-order valence-corrected chi connectivity index (χ1v) is 44.8. The molecule has 18 rings (SSSR count). The lowest BCUT2D eigenvalue weighted by atomic mass is 9.91. The fourth-order valence-corrected chi connectivity index (χ4v) is 18.4. The van der Waals surface area contributed by atoms with Crippen molar-refractivity contribution in [1.29, 1.82) is 0 Å². The Balaban J connectivity index is 0.000000145. The minimum Gasteiger partial charge on any atom is -0.495 e. The number of nitrogens with zero attached hydrogens (tertiary/aromatic N) is 11. The third kappa shape index (κ3) is 22.6.